The number of nitriles is 1. The van der Waals surface area contributed by atoms with E-state index < -0.39 is 5.54 Å². The Balaban J connectivity index is 1.60. The molecule has 34 heavy (non-hydrogen) atoms. The van der Waals surface area contributed by atoms with E-state index in [1.165, 1.54) is 11.8 Å². The van der Waals surface area contributed by atoms with Crippen LogP contribution in [0.4, 0.5) is 0 Å². The van der Waals surface area contributed by atoms with Gasteiger partial charge >= 0.3 is 0 Å². The average Bonchev–Trinajstić information content (AvgIpc) is 3.51. The van der Waals surface area contributed by atoms with Crippen molar-refractivity contribution in [2.24, 2.45) is 0 Å². The van der Waals surface area contributed by atoms with Crippen LogP contribution >= 0.6 is 11.8 Å². The van der Waals surface area contributed by atoms with Crippen molar-refractivity contribution in [1.29, 1.82) is 5.26 Å². The molecular formula is C25H27N5O3S. The van der Waals surface area contributed by atoms with Crippen molar-refractivity contribution in [3.8, 4) is 34.6 Å². The molecule has 0 spiro atoms. The van der Waals surface area contributed by atoms with Gasteiger partial charge in [0.2, 0.25) is 5.91 Å². The van der Waals surface area contributed by atoms with Gasteiger partial charge in [0.1, 0.15) is 17.0 Å². The van der Waals surface area contributed by atoms with Gasteiger partial charge in [-0.2, -0.15) is 5.26 Å². The number of nitrogens with one attached hydrogen (secondary N) is 1. The summed E-state index contributed by atoms with van der Waals surface area (Å²) >= 11 is 1.29. The van der Waals surface area contributed by atoms with Crippen molar-refractivity contribution < 1.29 is 14.3 Å². The molecule has 8 nitrogen and oxygen atoms in total. The van der Waals surface area contributed by atoms with Crippen LogP contribution in [0.1, 0.15) is 32.6 Å². The topological polar surface area (TPSA) is 102 Å². The van der Waals surface area contributed by atoms with Gasteiger partial charge in [-0.25, -0.2) is 0 Å². The van der Waals surface area contributed by atoms with Gasteiger partial charge in [0.25, 0.3) is 0 Å². The number of methoxy groups -OCH3 is 1. The van der Waals surface area contributed by atoms with Crippen LogP contribution in [0.3, 0.4) is 0 Å². The van der Waals surface area contributed by atoms with Crippen molar-refractivity contribution in [1.82, 2.24) is 20.1 Å². The van der Waals surface area contributed by atoms with Crippen LogP contribution in [-0.2, 0) is 4.79 Å². The third-order valence-electron chi connectivity index (χ3n) is 5.77. The second-order valence-corrected chi connectivity index (χ2v) is 8.98. The molecule has 0 bridgehead atoms. The number of carbonyl (C=O) groups excluding carboxylic acids is 1. The molecule has 1 aliphatic carbocycles. The Labute approximate surface area is 203 Å². The van der Waals surface area contributed by atoms with Crippen molar-refractivity contribution in [2.45, 2.75) is 43.3 Å². The first-order chi connectivity index (χ1) is 16.6. The monoisotopic (exact) mass is 477 g/mol. The number of ether oxygens (including phenoxy) is 2. The lowest BCUT2D eigenvalue weighted by atomic mass is 10.0. The fourth-order valence-corrected chi connectivity index (χ4v) is 4.81. The summed E-state index contributed by atoms with van der Waals surface area (Å²) in [5.74, 6) is 2.14. The van der Waals surface area contributed by atoms with E-state index >= 15 is 0 Å². The SMILES string of the molecule is CCOc1ccc(-n2c(SCC(=O)NC3(C#N)CCCC3)nnc2-c2ccc(OC)cc2)cc1. The highest BCUT2D eigenvalue weighted by Crippen LogP contribution is 2.31. The quantitative estimate of drug-likeness (QED) is 0.456. The molecule has 176 valence electrons. The number of hydrogen-bond donors (Lipinski definition) is 1. The molecule has 0 unspecified atom stereocenters. The van der Waals surface area contributed by atoms with Gasteiger partial charge in [0.05, 0.1) is 25.5 Å². The van der Waals surface area contributed by atoms with Crippen LogP contribution in [0.2, 0.25) is 0 Å². The molecule has 1 aliphatic rings. The molecule has 9 heteroatoms. The van der Waals surface area contributed by atoms with E-state index in [-0.39, 0.29) is 11.7 Å². The van der Waals surface area contributed by atoms with E-state index in [1.807, 2.05) is 60.0 Å². The molecule has 0 saturated heterocycles. The highest BCUT2D eigenvalue weighted by Gasteiger charge is 2.35. The Morgan fingerprint density at radius 1 is 1.12 bits per heavy atom. The molecular weight excluding hydrogens is 450 g/mol. The van der Waals surface area contributed by atoms with E-state index in [0.717, 1.165) is 35.6 Å². The van der Waals surface area contributed by atoms with E-state index in [1.54, 1.807) is 7.11 Å². The predicted molar refractivity (Wildman–Crippen MR) is 130 cm³/mol. The van der Waals surface area contributed by atoms with Crippen LogP contribution in [-0.4, -0.2) is 45.7 Å². The number of rotatable bonds is 9. The molecule has 0 atom stereocenters. The maximum absolute atomic E-state index is 12.7. The zero-order valence-corrected chi connectivity index (χ0v) is 20.1. The molecule has 4 rings (SSSR count). The zero-order valence-electron chi connectivity index (χ0n) is 19.3. The van der Waals surface area contributed by atoms with E-state index in [9.17, 15) is 10.1 Å². The van der Waals surface area contributed by atoms with Gasteiger partial charge in [-0.1, -0.05) is 11.8 Å². The first kappa shape index (κ1) is 23.6. The summed E-state index contributed by atoms with van der Waals surface area (Å²) in [4.78, 5) is 12.7. The third kappa shape index (κ3) is 5.18. The predicted octanol–water partition coefficient (Wildman–Crippen LogP) is 4.39. The first-order valence-corrected chi connectivity index (χ1v) is 12.2. The fourth-order valence-electron chi connectivity index (χ4n) is 4.06. The number of nitrogens with zero attached hydrogens (tertiary/aromatic N) is 4. The molecule has 2 aromatic carbocycles. The van der Waals surface area contributed by atoms with Crippen LogP contribution < -0.4 is 14.8 Å². The highest BCUT2D eigenvalue weighted by atomic mass is 32.2. The van der Waals surface area contributed by atoms with Crippen molar-refractivity contribution >= 4 is 17.7 Å². The van der Waals surface area contributed by atoms with Gasteiger partial charge < -0.3 is 14.8 Å². The minimum atomic E-state index is -0.741. The van der Waals surface area contributed by atoms with Crippen molar-refractivity contribution in [3.05, 3.63) is 48.5 Å². The summed E-state index contributed by atoms with van der Waals surface area (Å²) < 4.78 is 12.8. The Bertz CT molecular complexity index is 1160. The maximum atomic E-state index is 12.7. The van der Waals surface area contributed by atoms with Crippen LogP contribution in [0.25, 0.3) is 17.1 Å². The van der Waals surface area contributed by atoms with Gasteiger partial charge in [0, 0.05) is 11.3 Å². The minimum Gasteiger partial charge on any atom is -0.497 e. The van der Waals surface area contributed by atoms with Crippen LogP contribution in [0.15, 0.2) is 53.7 Å². The van der Waals surface area contributed by atoms with Gasteiger partial charge in [-0.3, -0.25) is 9.36 Å². The minimum absolute atomic E-state index is 0.140. The van der Waals surface area contributed by atoms with Gasteiger partial charge in [-0.15, -0.1) is 10.2 Å². The molecule has 1 N–H and O–H groups in total. The lowest BCUT2D eigenvalue weighted by Crippen LogP contribution is -2.45. The highest BCUT2D eigenvalue weighted by molar-refractivity contribution is 7.99. The average molecular weight is 478 g/mol. The lowest BCUT2D eigenvalue weighted by Gasteiger charge is -2.21. The molecule has 1 aromatic heterocycles. The summed E-state index contributed by atoms with van der Waals surface area (Å²) in [5.41, 5.74) is 0.980. The van der Waals surface area contributed by atoms with Crippen LogP contribution in [0, 0.1) is 11.3 Å². The molecule has 1 fully saturated rings. The number of thioether (sulfide) groups is 1. The summed E-state index contributed by atoms with van der Waals surface area (Å²) in [7, 11) is 1.62. The lowest BCUT2D eigenvalue weighted by molar-refractivity contribution is -0.119. The molecule has 1 heterocycles. The van der Waals surface area contributed by atoms with Crippen LogP contribution in [0.5, 0.6) is 11.5 Å². The van der Waals surface area contributed by atoms with Crippen molar-refractivity contribution in [2.75, 3.05) is 19.5 Å². The third-order valence-corrected chi connectivity index (χ3v) is 6.70. The summed E-state index contributed by atoms with van der Waals surface area (Å²) in [6.07, 6.45) is 3.31. The normalized spacial score (nSPS) is 14.4. The van der Waals surface area contributed by atoms with E-state index in [0.29, 0.717) is 30.4 Å². The number of amides is 1. The maximum Gasteiger partial charge on any atom is 0.231 e. The zero-order chi connectivity index (χ0) is 24.0. The Morgan fingerprint density at radius 2 is 1.79 bits per heavy atom. The van der Waals surface area contributed by atoms with E-state index in [2.05, 4.69) is 21.6 Å². The number of aromatic nitrogens is 3. The fraction of sp³-hybridized carbons (Fsp3) is 0.360. The largest absolute Gasteiger partial charge is 0.497 e. The van der Waals surface area contributed by atoms with Crippen molar-refractivity contribution in [3.63, 3.8) is 0 Å². The molecule has 3 aromatic rings. The summed E-state index contributed by atoms with van der Waals surface area (Å²) in [5, 5.41) is 21.9. The van der Waals surface area contributed by atoms with E-state index in [4.69, 9.17) is 9.47 Å². The molecule has 0 aliphatic heterocycles. The second kappa shape index (κ2) is 10.6. The molecule has 1 saturated carbocycles. The standard InChI is InChI=1S/C25H27N5O3S/c1-3-33-21-12-8-19(9-13-21)30-23(18-6-10-20(32-2)11-7-18)28-29-24(30)34-16-22(31)27-25(17-26)14-4-5-15-25/h6-13H,3-5,14-16H2,1-2H3,(H,27,31). The smallest absolute Gasteiger partial charge is 0.231 e. The van der Waals surface area contributed by atoms with Gasteiger partial charge in [-0.05, 0) is 81.1 Å². The Kier molecular flexibility index (Phi) is 7.38. The Hall–Kier alpha value is -3.51. The second-order valence-electron chi connectivity index (χ2n) is 8.03. The molecule has 1 amide bonds. The Morgan fingerprint density at radius 3 is 2.41 bits per heavy atom. The summed E-state index contributed by atoms with van der Waals surface area (Å²) in [6.45, 7) is 2.53. The van der Waals surface area contributed by atoms with Gasteiger partial charge in [0.15, 0.2) is 11.0 Å². The number of carbonyl (C=O) groups is 1. The summed E-state index contributed by atoms with van der Waals surface area (Å²) in [6, 6.07) is 17.6. The number of hydrogen-bond acceptors (Lipinski definition) is 7. The molecule has 0 radical (unpaired) electrons. The first-order valence-electron chi connectivity index (χ1n) is 11.3. The number of benzene rings is 2.